The summed E-state index contributed by atoms with van der Waals surface area (Å²) in [5.41, 5.74) is -6.57. The van der Waals surface area contributed by atoms with Crippen LogP contribution in [0.3, 0.4) is 0 Å². The quantitative estimate of drug-likeness (QED) is 0.398. The lowest BCUT2D eigenvalue weighted by Gasteiger charge is -2.38. The van der Waals surface area contributed by atoms with E-state index in [1.165, 1.54) is 0 Å². The average molecular weight is 599 g/mol. The predicted octanol–water partition coefficient (Wildman–Crippen LogP) is 5.31. The van der Waals surface area contributed by atoms with Crippen molar-refractivity contribution in [2.24, 2.45) is 5.92 Å². The first-order chi connectivity index (χ1) is 18.4. The summed E-state index contributed by atoms with van der Waals surface area (Å²) in [7, 11) is -5.08. The van der Waals surface area contributed by atoms with Gasteiger partial charge in [-0.25, -0.2) is 26.0 Å². The number of benzene rings is 2. The Kier molecular flexibility index (Phi) is 7.77. The third-order valence-electron chi connectivity index (χ3n) is 7.04. The van der Waals surface area contributed by atoms with Crippen LogP contribution in [-0.4, -0.2) is 56.2 Å². The zero-order valence-electron chi connectivity index (χ0n) is 20.9. The minimum absolute atomic E-state index is 0.00880. The maximum absolute atomic E-state index is 15.6. The minimum atomic E-state index is -5.13. The molecule has 40 heavy (non-hydrogen) atoms. The predicted molar refractivity (Wildman–Crippen MR) is 129 cm³/mol. The highest BCUT2D eigenvalue weighted by Crippen LogP contribution is 2.47. The van der Waals surface area contributed by atoms with Crippen molar-refractivity contribution in [2.75, 3.05) is 24.6 Å². The number of carbonyl (C=O) groups is 1. The molecule has 0 aliphatic carbocycles. The van der Waals surface area contributed by atoms with E-state index in [0.717, 1.165) is 29.2 Å². The number of hydrogen-bond acceptors (Lipinski definition) is 6. The van der Waals surface area contributed by atoms with Crippen LogP contribution in [0, 0.1) is 11.7 Å². The lowest BCUT2D eigenvalue weighted by atomic mass is 9.89. The van der Waals surface area contributed by atoms with Gasteiger partial charge < -0.3 is 14.7 Å². The maximum Gasteiger partial charge on any atom is 0.420 e. The molecule has 0 amide bonds. The van der Waals surface area contributed by atoms with E-state index < -0.39 is 98.6 Å². The van der Waals surface area contributed by atoms with Gasteiger partial charge in [0.1, 0.15) is 18.2 Å². The Morgan fingerprint density at radius 2 is 1.80 bits per heavy atom. The summed E-state index contributed by atoms with van der Waals surface area (Å²) in [4.78, 5) is 11.7. The minimum Gasteiger partial charge on any atom is -0.490 e. The molecule has 2 aromatic carbocycles. The zero-order chi connectivity index (χ0) is 29.7. The van der Waals surface area contributed by atoms with Gasteiger partial charge in [-0.1, -0.05) is 0 Å². The Bertz CT molecular complexity index is 1370. The molecule has 0 bridgehead atoms. The number of ether oxygens (including phenoxy) is 1. The number of anilines is 2. The van der Waals surface area contributed by atoms with Gasteiger partial charge in [-0.3, -0.25) is 10.1 Å². The second-order valence-electron chi connectivity index (χ2n) is 10.0. The first-order valence-electron chi connectivity index (χ1n) is 12.1. The number of nitrogens with zero attached hydrogens (tertiary/aromatic N) is 1. The molecule has 0 aromatic heterocycles. The molecular formula is C25H25F7N2O5S. The number of sulfone groups is 1. The number of rotatable bonds is 8. The van der Waals surface area contributed by atoms with Gasteiger partial charge in [0.05, 0.1) is 16.1 Å². The second kappa shape index (κ2) is 10.4. The summed E-state index contributed by atoms with van der Waals surface area (Å²) in [6, 6.07) is 5.07. The first-order valence-corrected chi connectivity index (χ1v) is 13.6. The number of carboxylic acid groups (broad SMARTS) is 1. The Morgan fingerprint density at radius 1 is 1.18 bits per heavy atom. The molecule has 0 saturated carbocycles. The van der Waals surface area contributed by atoms with Crippen molar-refractivity contribution in [1.29, 1.82) is 0 Å². The Morgan fingerprint density at radius 3 is 2.30 bits per heavy atom. The number of hydrogen-bond donors (Lipinski definition) is 2. The van der Waals surface area contributed by atoms with Crippen LogP contribution in [-0.2, 0) is 20.8 Å². The molecule has 7 nitrogen and oxygen atoms in total. The highest BCUT2D eigenvalue weighted by atomic mass is 32.2. The van der Waals surface area contributed by atoms with Crippen LogP contribution in [0.5, 0.6) is 5.75 Å². The summed E-state index contributed by atoms with van der Waals surface area (Å²) in [6.45, 7) is -0.579. The molecule has 2 N–H and O–H groups in total. The lowest BCUT2D eigenvalue weighted by molar-refractivity contribution is -0.150. The van der Waals surface area contributed by atoms with Gasteiger partial charge >= 0.3 is 12.1 Å². The zero-order valence-corrected chi connectivity index (χ0v) is 21.8. The lowest BCUT2D eigenvalue weighted by Crippen LogP contribution is -2.65. The fourth-order valence-electron chi connectivity index (χ4n) is 4.64. The van der Waals surface area contributed by atoms with Gasteiger partial charge in [-0.15, -0.1) is 0 Å². The van der Waals surface area contributed by atoms with Crippen molar-refractivity contribution >= 4 is 27.2 Å². The molecule has 4 rings (SSSR count). The fourth-order valence-corrected chi connectivity index (χ4v) is 6.35. The van der Waals surface area contributed by atoms with Crippen molar-refractivity contribution < 1.29 is 53.8 Å². The van der Waals surface area contributed by atoms with Crippen LogP contribution in [0.2, 0.25) is 0 Å². The summed E-state index contributed by atoms with van der Waals surface area (Å²) in [6.07, 6.45) is -6.62. The van der Waals surface area contributed by atoms with Crippen molar-refractivity contribution in [3.63, 3.8) is 0 Å². The molecule has 0 radical (unpaired) electrons. The van der Waals surface area contributed by atoms with E-state index >= 15 is 4.39 Å². The topological polar surface area (TPSA) is 95.9 Å². The number of aliphatic carboxylic acids is 1. The van der Waals surface area contributed by atoms with Crippen molar-refractivity contribution in [3.05, 3.63) is 47.8 Å². The summed E-state index contributed by atoms with van der Waals surface area (Å²) < 4.78 is 131. The Labute approximate surface area is 224 Å². The summed E-state index contributed by atoms with van der Waals surface area (Å²) in [5, 5.41) is 12.0. The standard InChI is InChI=1S/C25H25F7N2O5S/c1-23(28,29)7-6-14-12-34(16-4-2-15(26)3-5-16)18-10-17(25(30,31)32)19(11-20(18)40(37,38)21(14)27)39-13-24(22(35)36)8-9-33-24/h2-5,10-11,14,21,33H,6-9,12-13H2,1H3,(H,35,36)/t14-,21+,24+/m1/s1. The smallest absolute Gasteiger partial charge is 0.420 e. The number of halogens is 7. The maximum atomic E-state index is 15.6. The van der Waals surface area contributed by atoms with Crippen molar-refractivity contribution in [3.8, 4) is 5.75 Å². The van der Waals surface area contributed by atoms with E-state index in [4.69, 9.17) is 4.74 Å². The highest BCUT2D eigenvalue weighted by Gasteiger charge is 2.48. The normalized spacial score (nSPS) is 24.6. The molecule has 2 aliphatic rings. The van der Waals surface area contributed by atoms with Gasteiger partial charge in [-0.05, 0) is 56.6 Å². The van der Waals surface area contributed by atoms with E-state index in [0.29, 0.717) is 19.1 Å². The van der Waals surface area contributed by atoms with Crippen molar-refractivity contribution in [2.45, 2.75) is 54.2 Å². The SMILES string of the molecule is CC(F)(F)CC[C@@H]1CN(c2ccc(F)cc2)c2cc(C(F)(F)F)c(OC[C@]3(C(=O)O)CCN3)cc2S(=O)(=O)[C@@H]1F. The molecule has 2 heterocycles. The van der Waals surface area contributed by atoms with E-state index in [1.807, 2.05) is 0 Å². The molecule has 0 unspecified atom stereocenters. The van der Waals surface area contributed by atoms with Crippen molar-refractivity contribution in [1.82, 2.24) is 5.32 Å². The van der Waals surface area contributed by atoms with Crippen LogP contribution in [0.1, 0.15) is 31.7 Å². The molecule has 2 aliphatic heterocycles. The third-order valence-corrected chi connectivity index (χ3v) is 8.96. The van der Waals surface area contributed by atoms with E-state index in [2.05, 4.69) is 5.32 Å². The first kappa shape index (κ1) is 29.9. The summed E-state index contributed by atoms with van der Waals surface area (Å²) in [5.74, 6) is -8.02. The monoisotopic (exact) mass is 598 g/mol. The molecule has 0 spiro atoms. The summed E-state index contributed by atoms with van der Waals surface area (Å²) >= 11 is 0. The third kappa shape index (κ3) is 5.85. The number of carboxylic acids is 1. The Balaban J connectivity index is 1.88. The van der Waals surface area contributed by atoms with Crippen LogP contribution < -0.4 is 15.0 Å². The fraction of sp³-hybridized carbons (Fsp3) is 0.480. The van der Waals surface area contributed by atoms with E-state index in [9.17, 15) is 44.7 Å². The molecule has 15 heteroatoms. The van der Waals surface area contributed by atoms with Gasteiger partial charge in [0.15, 0.2) is 5.54 Å². The van der Waals surface area contributed by atoms with Gasteiger partial charge in [0.2, 0.25) is 21.3 Å². The van der Waals surface area contributed by atoms with Crippen LogP contribution in [0.4, 0.5) is 42.1 Å². The molecular weight excluding hydrogens is 573 g/mol. The number of nitrogens with one attached hydrogen (secondary N) is 1. The molecule has 220 valence electrons. The highest BCUT2D eigenvalue weighted by molar-refractivity contribution is 7.92. The molecule has 1 fully saturated rings. The number of fused-ring (bicyclic) bond motifs is 1. The second-order valence-corrected chi connectivity index (χ2v) is 12.0. The van der Waals surface area contributed by atoms with Gasteiger partial charge in [0, 0.05) is 30.6 Å². The Hall–Kier alpha value is -3.07. The average Bonchev–Trinajstić information content (AvgIpc) is 2.89. The van der Waals surface area contributed by atoms with Crippen LogP contribution in [0.25, 0.3) is 0 Å². The number of alkyl halides is 6. The van der Waals surface area contributed by atoms with E-state index in [-0.39, 0.29) is 18.7 Å². The largest absolute Gasteiger partial charge is 0.490 e. The van der Waals surface area contributed by atoms with Crippen LogP contribution in [0.15, 0.2) is 41.3 Å². The van der Waals surface area contributed by atoms with Gasteiger partial charge in [-0.2, -0.15) is 13.2 Å². The molecule has 2 aromatic rings. The molecule has 1 saturated heterocycles. The molecule has 3 atom stereocenters. The van der Waals surface area contributed by atoms with E-state index in [1.54, 1.807) is 0 Å². The van der Waals surface area contributed by atoms with Crippen LogP contribution >= 0.6 is 0 Å². The van der Waals surface area contributed by atoms with Gasteiger partial charge in [0.25, 0.3) is 0 Å².